The second kappa shape index (κ2) is 3.72. The Kier molecular flexibility index (Phi) is 3.52. The van der Waals surface area contributed by atoms with Crippen LogP contribution in [0.1, 0.15) is 33.6 Å². The Morgan fingerprint density at radius 2 is 2.00 bits per heavy atom. The summed E-state index contributed by atoms with van der Waals surface area (Å²) in [6.45, 7) is 5.85. The molecular formula is C8H15O3-. The van der Waals surface area contributed by atoms with Crippen molar-refractivity contribution in [1.82, 2.24) is 0 Å². The molecule has 3 heteroatoms. The van der Waals surface area contributed by atoms with Gasteiger partial charge in [-0.15, -0.1) is 0 Å². The van der Waals surface area contributed by atoms with Gasteiger partial charge in [-0.3, -0.25) is 0 Å². The van der Waals surface area contributed by atoms with Gasteiger partial charge in [0.25, 0.3) is 0 Å². The van der Waals surface area contributed by atoms with E-state index in [4.69, 9.17) is 5.11 Å². The predicted molar refractivity (Wildman–Crippen MR) is 39.7 cm³/mol. The number of rotatable bonds is 3. The van der Waals surface area contributed by atoms with Gasteiger partial charge in [0.05, 0.1) is 6.10 Å². The minimum atomic E-state index is -1.19. The van der Waals surface area contributed by atoms with Crippen LogP contribution < -0.4 is 5.11 Å². The lowest BCUT2D eigenvalue weighted by Crippen LogP contribution is -2.29. The SMILES string of the molecule is CC(C)(C)C[C@H](O)CC(=O)[O-]. The second-order valence-corrected chi connectivity index (χ2v) is 3.99. The first kappa shape index (κ1) is 10.4. The zero-order valence-electron chi connectivity index (χ0n) is 7.26. The number of aliphatic hydroxyl groups is 1. The van der Waals surface area contributed by atoms with Crippen LogP contribution in [0.25, 0.3) is 0 Å². The van der Waals surface area contributed by atoms with E-state index in [-0.39, 0.29) is 11.8 Å². The molecule has 0 aliphatic heterocycles. The van der Waals surface area contributed by atoms with E-state index < -0.39 is 12.1 Å². The van der Waals surface area contributed by atoms with Crippen LogP contribution in [0, 0.1) is 5.41 Å². The van der Waals surface area contributed by atoms with Crippen molar-refractivity contribution >= 4 is 5.97 Å². The molecule has 0 spiro atoms. The van der Waals surface area contributed by atoms with Crippen molar-refractivity contribution in [2.45, 2.75) is 39.7 Å². The van der Waals surface area contributed by atoms with E-state index in [1.54, 1.807) is 0 Å². The summed E-state index contributed by atoms with van der Waals surface area (Å²) < 4.78 is 0. The molecule has 11 heavy (non-hydrogen) atoms. The zero-order chi connectivity index (χ0) is 9.07. The maximum Gasteiger partial charge on any atom is 0.0597 e. The number of carbonyl (C=O) groups is 1. The maximum absolute atomic E-state index is 10.0. The highest BCUT2D eigenvalue weighted by atomic mass is 16.4. The number of carboxylic acids is 1. The molecule has 0 radical (unpaired) electrons. The first-order valence-corrected chi connectivity index (χ1v) is 3.69. The number of carbonyl (C=O) groups excluding carboxylic acids is 1. The molecular weight excluding hydrogens is 144 g/mol. The van der Waals surface area contributed by atoms with Crippen molar-refractivity contribution in [1.29, 1.82) is 0 Å². The zero-order valence-corrected chi connectivity index (χ0v) is 7.26. The minimum absolute atomic E-state index is 0.0329. The van der Waals surface area contributed by atoms with E-state index in [1.165, 1.54) is 0 Å². The van der Waals surface area contributed by atoms with Crippen LogP contribution in [0.5, 0.6) is 0 Å². The molecule has 0 bridgehead atoms. The summed E-state index contributed by atoms with van der Waals surface area (Å²) in [7, 11) is 0. The third-order valence-electron chi connectivity index (χ3n) is 1.25. The molecule has 0 unspecified atom stereocenters. The number of hydrogen-bond donors (Lipinski definition) is 1. The van der Waals surface area contributed by atoms with Gasteiger partial charge in [-0.2, -0.15) is 0 Å². The Hall–Kier alpha value is -0.570. The molecule has 0 rings (SSSR count). The van der Waals surface area contributed by atoms with Gasteiger partial charge in [-0.1, -0.05) is 20.8 Å². The van der Waals surface area contributed by atoms with E-state index in [2.05, 4.69) is 0 Å². The number of aliphatic hydroxyl groups excluding tert-OH is 1. The Morgan fingerprint density at radius 1 is 1.55 bits per heavy atom. The van der Waals surface area contributed by atoms with Gasteiger partial charge in [0, 0.05) is 12.4 Å². The Morgan fingerprint density at radius 3 is 2.27 bits per heavy atom. The molecule has 0 fully saturated rings. The molecule has 0 aromatic carbocycles. The number of hydrogen-bond acceptors (Lipinski definition) is 3. The highest BCUT2D eigenvalue weighted by Gasteiger charge is 2.16. The molecule has 0 heterocycles. The Labute approximate surface area is 67.0 Å². The van der Waals surface area contributed by atoms with E-state index >= 15 is 0 Å². The molecule has 1 atom stereocenters. The molecule has 1 N–H and O–H groups in total. The number of carboxylic acid groups (broad SMARTS) is 1. The van der Waals surface area contributed by atoms with Crippen LogP contribution in [0.4, 0.5) is 0 Å². The highest BCUT2D eigenvalue weighted by Crippen LogP contribution is 2.21. The van der Waals surface area contributed by atoms with Crippen molar-refractivity contribution in [2.24, 2.45) is 5.41 Å². The normalized spacial score (nSPS) is 14.5. The molecule has 0 amide bonds. The standard InChI is InChI=1S/C8H16O3/c1-8(2,3)5-6(9)4-7(10)11/h6,9H,4-5H2,1-3H3,(H,10,11)/p-1/t6-/m1/s1. The maximum atomic E-state index is 10.0. The van der Waals surface area contributed by atoms with Crippen LogP contribution >= 0.6 is 0 Å². The summed E-state index contributed by atoms with van der Waals surface area (Å²) in [6.07, 6.45) is -0.557. The molecule has 0 aromatic heterocycles. The first-order chi connectivity index (χ1) is 4.81. The van der Waals surface area contributed by atoms with Crippen molar-refractivity contribution < 1.29 is 15.0 Å². The topological polar surface area (TPSA) is 60.4 Å². The van der Waals surface area contributed by atoms with Crippen LogP contribution in [-0.4, -0.2) is 17.2 Å². The van der Waals surface area contributed by atoms with Gasteiger partial charge in [0.1, 0.15) is 0 Å². The van der Waals surface area contributed by atoms with Crippen molar-refractivity contribution in [3.8, 4) is 0 Å². The van der Waals surface area contributed by atoms with Gasteiger partial charge in [-0.25, -0.2) is 0 Å². The van der Waals surface area contributed by atoms with Crippen LogP contribution in [0.15, 0.2) is 0 Å². The third kappa shape index (κ3) is 7.33. The Balaban J connectivity index is 3.69. The molecule has 0 aromatic rings. The quantitative estimate of drug-likeness (QED) is 0.626. The fourth-order valence-corrected chi connectivity index (χ4v) is 0.971. The predicted octanol–water partition coefficient (Wildman–Crippen LogP) is -0.0765. The van der Waals surface area contributed by atoms with E-state index in [9.17, 15) is 9.90 Å². The van der Waals surface area contributed by atoms with E-state index in [1.807, 2.05) is 20.8 Å². The second-order valence-electron chi connectivity index (χ2n) is 3.99. The molecule has 66 valence electrons. The fourth-order valence-electron chi connectivity index (χ4n) is 0.971. The third-order valence-corrected chi connectivity index (χ3v) is 1.25. The van der Waals surface area contributed by atoms with Crippen LogP contribution in [0.3, 0.4) is 0 Å². The van der Waals surface area contributed by atoms with Crippen molar-refractivity contribution in [2.75, 3.05) is 0 Å². The lowest BCUT2D eigenvalue weighted by Gasteiger charge is -2.22. The van der Waals surface area contributed by atoms with Crippen molar-refractivity contribution in [3.05, 3.63) is 0 Å². The van der Waals surface area contributed by atoms with Gasteiger partial charge in [-0.05, 0) is 11.8 Å². The van der Waals surface area contributed by atoms with E-state index in [0.717, 1.165) is 0 Å². The molecule has 3 nitrogen and oxygen atoms in total. The monoisotopic (exact) mass is 159 g/mol. The summed E-state index contributed by atoms with van der Waals surface area (Å²) in [5, 5.41) is 19.2. The smallest absolute Gasteiger partial charge is 0.0597 e. The van der Waals surface area contributed by atoms with E-state index in [0.29, 0.717) is 6.42 Å². The van der Waals surface area contributed by atoms with Crippen LogP contribution in [-0.2, 0) is 4.79 Å². The fraction of sp³-hybridized carbons (Fsp3) is 0.875. The molecule has 0 saturated heterocycles. The molecule has 0 aliphatic carbocycles. The van der Waals surface area contributed by atoms with Gasteiger partial charge in [0.15, 0.2) is 0 Å². The van der Waals surface area contributed by atoms with Gasteiger partial charge >= 0.3 is 0 Å². The lowest BCUT2D eigenvalue weighted by molar-refractivity contribution is -0.307. The highest BCUT2D eigenvalue weighted by molar-refractivity contribution is 5.64. The largest absolute Gasteiger partial charge is 0.550 e. The number of aliphatic carboxylic acids is 1. The summed E-state index contributed by atoms with van der Waals surface area (Å²) in [5.74, 6) is -1.19. The minimum Gasteiger partial charge on any atom is -0.550 e. The summed E-state index contributed by atoms with van der Waals surface area (Å²) >= 11 is 0. The summed E-state index contributed by atoms with van der Waals surface area (Å²) in [6, 6.07) is 0. The summed E-state index contributed by atoms with van der Waals surface area (Å²) in [5.41, 5.74) is -0.0329. The Bertz CT molecular complexity index is 135. The van der Waals surface area contributed by atoms with Gasteiger partial charge < -0.3 is 15.0 Å². The molecule has 0 saturated carbocycles. The molecule has 0 aliphatic rings. The van der Waals surface area contributed by atoms with Crippen molar-refractivity contribution in [3.63, 3.8) is 0 Å². The summed E-state index contributed by atoms with van der Waals surface area (Å²) in [4.78, 5) is 10.0. The average Bonchev–Trinajstić information content (AvgIpc) is 1.53. The van der Waals surface area contributed by atoms with Crippen LogP contribution in [0.2, 0.25) is 0 Å². The van der Waals surface area contributed by atoms with Gasteiger partial charge in [0.2, 0.25) is 0 Å². The first-order valence-electron chi connectivity index (χ1n) is 3.69. The lowest BCUT2D eigenvalue weighted by atomic mass is 9.88. The average molecular weight is 159 g/mol.